The van der Waals surface area contributed by atoms with Crippen LogP contribution in [0.5, 0.6) is 0 Å². The summed E-state index contributed by atoms with van der Waals surface area (Å²) in [4.78, 5) is 2.40. The molecule has 16 heavy (non-hydrogen) atoms. The minimum atomic E-state index is 0.0483. The number of nitrogens with two attached hydrogens (primary N) is 1. The first-order valence-corrected chi connectivity index (χ1v) is 6.56. The maximum atomic E-state index is 5.93. The van der Waals surface area contributed by atoms with Crippen molar-refractivity contribution >= 4 is 0 Å². The van der Waals surface area contributed by atoms with E-state index in [1.54, 1.807) is 0 Å². The number of hydrogen-bond acceptors (Lipinski definition) is 4. The Morgan fingerprint density at radius 2 is 2.19 bits per heavy atom. The summed E-state index contributed by atoms with van der Waals surface area (Å²) in [7, 11) is 0. The lowest BCUT2D eigenvalue weighted by molar-refractivity contribution is -0.164. The molecule has 0 radical (unpaired) electrons. The van der Waals surface area contributed by atoms with Gasteiger partial charge in [0.15, 0.2) is 6.29 Å². The third kappa shape index (κ3) is 4.01. The summed E-state index contributed by atoms with van der Waals surface area (Å²) in [5.41, 5.74) is 5.93. The molecule has 2 N–H and O–H groups in total. The molecular formula is C12H24N2O2. The summed E-state index contributed by atoms with van der Waals surface area (Å²) in [5, 5.41) is 0. The van der Waals surface area contributed by atoms with E-state index in [9.17, 15) is 0 Å². The molecule has 2 aliphatic heterocycles. The van der Waals surface area contributed by atoms with Gasteiger partial charge in [0.2, 0.25) is 0 Å². The molecule has 0 saturated carbocycles. The second-order valence-electron chi connectivity index (χ2n) is 4.87. The minimum absolute atomic E-state index is 0.0483. The van der Waals surface area contributed by atoms with E-state index in [0.717, 1.165) is 32.7 Å². The molecule has 0 aromatic rings. The average molecular weight is 228 g/mol. The lowest BCUT2D eigenvalue weighted by atomic mass is 10.1. The van der Waals surface area contributed by atoms with E-state index in [1.165, 1.54) is 32.2 Å². The second kappa shape index (κ2) is 6.55. The molecule has 0 amide bonds. The highest BCUT2D eigenvalue weighted by atomic mass is 16.7. The van der Waals surface area contributed by atoms with Gasteiger partial charge >= 0.3 is 0 Å². The highest BCUT2D eigenvalue weighted by Crippen LogP contribution is 2.14. The average Bonchev–Trinajstić information content (AvgIpc) is 2.30. The molecule has 2 fully saturated rings. The van der Waals surface area contributed by atoms with Crippen LogP contribution >= 0.6 is 0 Å². The Kier molecular flexibility index (Phi) is 5.03. The predicted molar refractivity (Wildman–Crippen MR) is 63.2 cm³/mol. The summed E-state index contributed by atoms with van der Waals surface area (Å²) in [6.45, 7) is 4.82. The van der Waals surface area contributed by atoms with Crippen molar-refractivity contribution in [1.29, 1.82) is 0 Å². The normalized spacial score (nSPS) is 32.8. The molecule has 0 spiro atoms. The molecule has 2 heterocycles. The van der Waals surface area contributed by atoms with Crippen molar-refractivity contribution in [2.24, 2.45) is 5.73 Å². The molecule has 0 bridgehead atoms. The number of hydrogen-bond donors (Lipinski definition) is 1. The first kappa shape index (κ1) is 12.3. The van der Waals surface area contributed by atoms with Crippen LogP contribution in [-0.4, -0.2) is 50.1 Å². The second-order valence-corrected chi connectivity index (χ2v) is 4.87. The third-order valence-electron chi connectivity index (χ3n) is 3.39. The van der Waals surface area contributed by atoms with E-state index in [2.05, 4.69) is 4.90 Å². The molecule has 2 saturated heterocycles. The van der Waals surface area contributed by atoms with Crippen molar-refractivity contribution in [3.63, 3.8) is 0 Å². The number of nitrogens with zero attached hydrogens (tertiary/aromatic N) is 1. The van der Waals surface area contributed by atoms with Crippen LogP contribution in [0.2, 0.25) is 0 Å². The van der Waals surface area contributed by atoms with Crippen molar-refractivity contribution in [2.45, 2.75) is 44.4 Å². The van der Waals surface area contributed by atoms with Crippen molar-refractivity contribution in [1.82, 2.24) is 4.90 Å². The Bertz CT molecular complexity index is 195. The van der Waals surface area contributed by atoms with E-state index in [-0.39, 0.29) is 6.29 Å². The van der Waals surface area contributed by atoms with Crippen LogP contribution in [0.4, 0.5) is 0 Å². The maximum Gasteiger partial charge on any atom is 0.157 e. The molecule has 0 aliphatic carbocycles. The van der Waals surface area contributed by atoms with E-state index in [4.69, 9.17) is 15.2 Å². The summed E-state index contributed by atoms with van der Waals surface area (Å²) in [5.74, 6) is 0. The highest BCUT2D eigenvalue weighted by Gasteiger charge is 2.18. The molecule has 0 aromatic carbocycles. The molecule has 2 atom stereocenters. The van der Waals surface area contributed by atoms with Crippen molar-refractivity contribution in [3.05, 3.63) is 0 Å². The van der Waals surface area contributed by atoms with Crippen molar-refractivity contribution in [3.8, 4) is 0 Å². The van der Waals surface area contributed by atoms with Gasteiger partial charge < -0.3 is 15.2 Å². The van der Waals surface area contributed by atoms with Gasteiger partial charge in [0, 0.05) is 25.7 Å². The summed E-state index contributed by atoms with van der Waals surface area (Å²) < 4.78 is 11.2. The van der Waals surface area contributed by atoms with E-state index in [1.807, 2.05) is 0 Å². The molecular weight excluding hydrogens is 204 g/mol. The van der Waals surface area contributed by atoms with Crippen molar-refractivity contribution in [2.75, 3.05) is 32.8 Å². The van der Waals surface area contributed by atoms with Gasteiger partial charge in [0.25, 0.3) is 0 Å². The first-order valence-electron chi connectivity index (χ1n) is 6.56. The molecule has 0 unspecified atom stereocenters. The number of ether oxygens (including phenoxy) is 2. The van der Waals surface area contributed by atoms with E-state index >= 15 is 0 Å². The zero-order valence-electron chi connectivity index (χ0n) is 10.1. The van der Waals surface area contributed by atoms with Gasteiger partial charge in [0.1, 0.15) is 0 Å². The Hall–Kier alpha value is -0.160. The molecule has 4 heteroatoms. The van der Waals surface area contributed by atoms with E-state index in [0.29, 0.717) is 6.04 Å². The van der Waals surface area contributed by atoms with Gasteiger partial charge in [0.05, 0.1) is 6.61 Å². The monoisotopic (exact) mass is 228 g/mol. The number of piperidine rings is 1. The lowest BCUT2D eigenvalue weighted by Crippen LogP contribution is -2.44. The van der Waals surface area contributed by atoms with Crippen LogP contribution in [0.25, 0.3) is 0 Å². The van der Waals surface area contributed by atoms with Crippen LogP contribution in [0.1, 0.15) is 32.1 Å². The van der Waals surface area contributed by atoms with Gasteiger partial charge in [-0.05, 0) is 38.6 Å². The lowest BCUT2D eigenvalue weighted by Gasteiger charge is -2.31. The van der Waals surface area contributed by atoms with Crippen LogP contribution in [0.3, 0.4) is 0 Å². The highest BCUT2D eigenvalue weighted by molar-refractivity contribution is 4.74. The van der Waals surface area contributed by atoms with Crippen LogP contribution in [0, 0.1) is 0 Å². The molecule has 4 nitrogen and oxygen atoms in total. The Balaban J connectivity index is 1.56. The quantitative estimate of drug-likeness (QED) is 0.778. The number of rotatable bonds is 4. The molecule has 94 valence electrons. The summed E-state index contributed by atoms with van der Waals surface area (Å²) in [6.07, 6.45) is 5.91. The molecule has 2 rings (SSSR count). The number of likely N-dealkylation sites (tertiary alicyclic amines) is 1. The topological polar surface area (TPSA) is 47.7 Å². The standard InChI is InChI=1S/C12H24N2O2/c13-11-4-3-6-14(10-11)7-9-16-12-5-1-2-8-15-12/h11-12H,1-10,13H2/t11-,12+/m1/s1. The van der Waals surface area contributed by atoms with Gasteiger partial charge in [-0.25, -0.2) is 0 Å². The van der Waals surface area contributed by atoms with Crippen LogP contribution in [-0.2, 0) is 9.47 Å². The first-order chi connectivity index (χ1) is 7.84. The third-order valence-corrected chi connectivity index (χ3v) is 3.39. The summed E-state index contributed by atoms with van der Waals surface area (Å²) >= 11 is 0. The summed E-state index contributed by atoms with van der Waals surface area (Å²) in [6, 6.07) is 0.361. The maximum absolute atomic E-state index is 5.93. The fourth-order valence-corrected chi connectivity index (χ4v) is 2.45. The molecule has 2 aliphatic rings. The largest absolute Gasteiger partial charge is 0.353 e. The molecule has 0 aromatic heterocycles. The SMILES string of the molecule is N[C@@H]1CCCN(CCO[C@H]2CCCCO2)C1. The minimum Gasteiger partial charge on any atom is -0.353 e. The predicted octanol–water partition coefficient (Wildman–Crippen LogP) is 0.953. The Morgan fingerprint density at radius 1 is 1.25 bits per heavy atom. The van der Waals surface area contributed by atoms with Gasteiger partial charge in [-0.1, -0.05) is 0 Å². The van der Waals surface area contributed by atoms with E-state index < -0.39 is 0 Å². The fourth-order valence-electron chi connectivity index (χ4n) is 2.45. The zero-order chi connectivity index (χ0) is 11.2. The van der Waals surface area contributed by atoms with Crippen molar-refractivity contribution < 1.29 is 9.47 Å². The van der Waals surface area contributed by atoms with Gasteiger partial charge in [-0.2, -0.15) is 0 Å². The van der Waals surface area contributed by atoms with Gasteiger partial charge in [-0.3, -0.25) is 4.90 Å². The Labute approximate surface area is 98.1 Å². The van der Waals surface area contributed by atoms with Crippen LogP contribution < -0.4 is 5.73 Å². The Morgan fingerprint density at radius 3 is 2.94 bits per heavy atom. The van der Waals surface area contributed by atoms with Crippen LogP contribution in [0.15, 0.2) is 0 Å². The fraction of sp³-hybridized carbons (Fsp3) is 1.00. The smallest absolute Gasteiger partial charge is 0.157 e. The van der Waals surface area contributed by atoms with Gasteiger partial charge in [-0.15, -0.1) is 0 Å². The zero-order valence-corrected chi connectivity index (χ0v) is 10.1.